The van der Waals surface area contributed by atoms with Crippen LogP contribution in [0, 0.1) is 6.92 Å². The van der Waals surface area contributed by atoms with Gasteiger partial charge in [0.1, 0.15) is 0 Å². The molecule has 5 nitrogen and oxygen atoms in total. The molecule has 0 radical (unpaired) electrons. The zero-order valence-corrected chi connectivity index (χ0v) is 9.83. The van der Waals surface area contributed by atoms with Crippen LogP contribution in [0.25, 0.3) is 0 Å². The van der Waals surface area contributed by atoms with Crippen molar-refractivity contribution in [3.8, 4) is 0 Å². The van der Waals surface area contributed by atoms with Crippen molar-refractivity contribution in [1.29, 1.82) is 0 Å². The van der Waals surface area contributed by atoms with E-state index in [0.29, 0.717) is 12.5 Å². The van der Waals surface area contributed by atoms with E-state index in [-0.39, 0.29) is 0 Å². The van der Waals surface area contributed by atoms with Crippen molar-refractivity contribution in [3.63, 3.8) is 0 Å². The minimum Gasteiger partial charge on any atom is -0.355 e. The third-order valence-corrected chi connectivity index (χ3v) is 2.02. The summed E-state index contributed by atoms with van der Waals surface area (Å²) in [5.41, 5.74) is 4.47. The van der Waals surface area contributed by atoms with Crippen LogP contribution in [0.2, 0.25) is 0 Å². The lowest BCUT2D eigenvalue weighted by Crippen LogP contribution is -2.41. The lowest BCUT2D eigenvalue weighted by Gasteiger charge is -2.07. The number of guanidine groups is 1. The molecule has 0 aliphatic heterocycles. The van der Waals surface area contributed by atoms with Crippen LogP contribution >= 0.6 is 0 Å². The van der Waals surface area contributed by atoms with Crippen LogP contribution < -0.4 is 16.6 Å². The van der Waals surface area contributed by atoms with Crippen LogP contribution in [-0.4, -0.2) is 17.5 Å². The Morgan fingerprint density at radius 3 is 2.94 bits per heavy atom. The van der Waals surface area contributed by atoms with Crippen molar-refractivity contribution >= 4 is 5.96 Å². The Hall–Kier alpha value is -1.62. The van der Waals surface area contributed by atoms with E-state index in [1.165, 1.54) is 0 Å². The lowest BCUT2D eigenvalue weighted by molar-refractivity contribution is 0.787. The highest BCUT2D eigenvalue weighted by Gasteiger charge is 1.96. The van der Waals surface area contributed by atoms with Crippen molar-refractivity contribution < 1.29 is 0 Å². The molecule has 1 rings (SSSR count). The smallest absolute Gasteiger partial charge is 0.206 e. The fourth-order valence-electron chi connectivity index (χ4n) is 1.24. The predicted octanol–water partition coefficient (Wildman–Crippen LogP) is 0.709. The first kappa shape index (κ1) is 12.4. The maximum Gasteiger partial charge on any atom is 0.206 e. The molecule has 0 amide bonds. The largest absolute Gasteiger partial charge is 0.355 e. The highest BCUT2D eigenvalue weighted by Crippen LogP contribution is 1.99. The van der Waals surface area contributed by atoms with Gasteiger partial charge < -0.3 is 5.32 Å². The van der Waals surface area contributed by atoms with Crippen molar-refractivity contribution in [2.75, 3.05) is 6.54 Å². The first-order chi connectivity index (χ1) is 7.76. The number of nitrogens with two attached hydrogens (primary N) is 1. The molecule has 0 unspecified atom stereocenters. The number of hydrazine groups is 1. The van der Waals surface area contributed by atoms with E-state index in [2.05, 4.69) is 27.6 Å². The average Bonchev–Trinajstić information content (AvgIpc) is 2.29. The van der Waals surface area contributed by atoms with E-state index in [1.54, 1.807) is 0 Å². The number of pyridine rings is 1. The van der Waals surface area contributed by atoms with E-state index in [4.69, 9.17) is 5.84 Å². The fraction of sp³-hybridized carbons (Fsp3) is 0.455. The zero-order valence-electron chi connectivity index (χ0n) is 9.83. The molecule has 1 heterocycles. The van der Waals surface area contributed by atoms with Crippen molar-refractivity contribution in [2.45, 2.75) is 26.8 Å². The molecule has 16 heavy (non-hydrogen) atoms. The Morgan fingerprint density at radius 2 is 2.31 bits per heavy atom. The van der Waals surface area contributed by atoms with Crippen molar-refractivity contribution in [3.05, 3.63) is 29.6 Å². The van der Waals surface area contributed by atoms with Gasteiger partial charge in [-0.05, 0) is 25.5 Å². The first-order valence-electron chi connectivity index (χ1n) is 5.43. The molecule has 0 saturated heterocycles. The summed E-state index contributed by atoms with van der Waals surface area (Å²) < 4.78 is 0. The molecule has 0 atom stereocenters. The number of nitrogens with one attached hydrogen (secondary N) is 2. The molecule has 0 spiro atoms. The minimum atomic E-state index is 0.526. The van der Waals surface area contributed by atoms with Gasteiger partial charge in [-0.3, -0.25) is 10.4 Å². The third kappa shape index (κ3) is 4.27. The molecule has 88 valence electrons. The second-order valence-corrected chi connectivity index (χ2v) is 3.51. The summed E-state index contributed by atoms with van der Waals surface area (Å²) in [5, 5.41) is 3.09. The van der Waals surface area contributed by atoms with Crippen LogP contribution in [0.3, 0.4) is 0 Å². The lowest BCUT2D eigenvalue weighted by atomic mass is 10.3. The fourth-order valence-corrected chi connectivity index (χ4v) is 1.24. The van der Waals surface area contributed by atoms with Gasteiger partial charge in [0.15, 0.2) is 0 Å². The van der Waals surface area contributed by atoms with Crippen LogP contribution in [-0.2, 0) is 6.54 Å². The number of aromatic nitrogens is 1. The summed E-state index contributed by atoms with van der Waals surface area (Å²) in [5.74, 6) is 5.95. The summed E-state index contributed by atoms with van der Waals surface area (Å²) in [6, 6.07) is 5.89. The quantitative estimate of drug-likeness (QED) is 0.303. The van der Waals surface area contributed by atoms with Gasteiger partial charge in [0, 0.05) is 12.2 Å². The molecule has 0 aliphatic rings. The maximum absolute atomic E-state index is 5.34. The summed E-state index contributed by atoms with van der Waals surface area (Å²) in [4.78, 5) is 8.65. The SMILES string of the molecule is CCCNC(=NCc1cccc(C)n1)NN. The van der Waals surface area contributed by atoms with Crippen molar-refractivity contribution in [1.82, 2.24) is 15.7 Å². The Balaban J connectivity index is 2.55. The standard InChI is InChI=1S/C11H19N5/c1-3-7-13-11(16-12)14-8-10-6-4-5-9(2)15-10/h4-6H,3,7-8,12H2,1-2H3,(H2,13,14,16). The third-order valence-electron chi connectivity index (χ3n) is 2.02. The zero-order chi connectivity index (χ0) is 11.8. The van der Waals surface area contributed by atoms with Crippen LogP contribution in [0.5, 0.6) is 0 Å². The maximum atomic E-state index is 5.34. The highest BCUT2D eigenvalue weighted by atomic mass is 15.3. The van der Waals surface area contributed by atoms with Gasteiger partial charge in [0.2, 0.25) is 5.96 Å². The normalized spacial score (nSPS) is 11.3. The number of hydrogen-bond donors (Lipinski definition) is 3. The van der Waals surface area contributed by atoms with E-state index in [1.807, 2.05) is 25.1 Å². The Bertz CT molecular complexity index is 348. The number of nitrogens with zero attached hydrogens (tertiary/aromatic N) is 2. The second-order valence-electron chi connectivity index (χ2n) is 3.51. The summed E-state index contributed by atoms with van der Waals surface area (Å²) in [6.07, 6.45) is 1.03. The Kier molecular flexibility index (Phi) is 5.28. The minimum absolute atomic E-state index is 0.526. The van der Waals surface area contributed by atoms with Gasteiger partial charge in [-0.1, -0.05) is 13.0 Å². The molecule has 1 aromatic rings. The van der Waals surface area contributed by atoms with Gasteiger partial charge in [-0.2, -0.15) is 0 Å². The van der Waals surface area contributed by atoms with Crippen molar-refractivity contribution in [2.24, 2.45) is 10.8 Å². The summed E-state index contributed by atoms with van der Waals surface area (Å²) in [6.45, 7) is 5.43. The molecule has 0 aromatic carbocycles. The van der Waals surface area contributed by atoms with Gasteiger partial charge in [-0.25, -0.2) is 10.8 Å². The summed E-state index contributed by atoms with van der Waals surface area (Å²) in [7, 11) is 0. The van der Waals surface area contributed by atoms with E-state index >= 15 is 0 Å². The second kappa shape index (κ2) is 6.79. The first-order valence-corrected chi connectivity index (χ1v) is 5.43. The molecule has 0 bridgehead atoms. The molecule has 1 aromatic heterocycles. The van der Waals surface area contributed by atoms with Gasteiger partial charge >= 0.3 is 0 Å². The van der Waals surface area contributed by atoms with E-state index < -0.39 is 0 Å². The monoisotopic (exact) mass is 221 g/mol. The Morgan fingerprint density at radius 1 is 1.50 bits per heavy atom. The highest BCUT2D eigenvalue weighted by molar-refractivity contribution is 5.79. The molecule has 0 saturated carbocycles. The topological polar surface area (TPSA) is 75.3 Å². The number of aryl methyl sites for hydroxylation is 1. The summed E-state index contributed by atoms with van der Waals surface area (Å²) >= 11 is 0. The average molecular weight is 221 g/mol. The molecular formula is C11H19N5. The number of aliphatic imine (C=N–C) groups is 1. The van der Waals surface area contributed by atoms with Gasteiger partial charge in [-0.15, -0.1) is 0 Å². The molecule has 0 aliphatic carbocycles. The van der Waals surface area contributed by atoms with E-state index in [9.17, 15) is 0 Å². The number of rotatable bonds is 4. The van der Waals surface area contributed by atoms with Gasteiger partial charge in [0.05, 0.1) is 12.2 Å². The van der Waals surface area contributed by atoms with Crippen LogP contribution in [0.4, 0.5) is 0 Å². The molecule has 5 heteroatoms. The van der Waals surface area contributed by atoms with Crippen LogP contribution in [0.15, 0.2) is 23.2 Å². The predicted molar refractivity (Wildman–Crippen MR) is 65.7 cm³/mol. The molecular weight excluding hydrogens is 202 g/mol. The van der Waals surface area contributed by atoms with Crippen LogP contribution in [0.1, 0.15) is 24.7 Å². The molecule has 0 fully saturated rings. The molecule has 4 N–H and O–H groups in total. The Labute approximate surface area is 96.1 Å². The van der Waals surface area contributed by atoms with Gasteiger partial charge in [0.25, 0.3) is 0 Å². The number of hydrogen-bond acceptors (Lipinski definition) is 3. The van der Waals surface area contributed by atoms with E-state index in [0.717, 1.165) is 24.4 Å².